The fourth-order valence-electron chi connectivity index (χ4n) is 2.22. The van der Waals surface area contributed by atoms with E-state index in [4.69, 9.17) is 5.11 Å². The fraction of sp³-hybridized carbons (Fsp3) is 0.667. The summed E-state index contributed by atoms with van der Waals surface area (Å²) < 4.78 is 0. The van der Waals surface area contributed by atoms with Crippen LogP contribution in [0.2, 0.25) is 0 Å². The van der Waals surface area contributed by atoms with Gasteiger partial charge in [0.2, 0.25) is 0 Å². The third-order valence-electron chi connectivity index (χ3n) is 3.43. The molecule has 1 aromatic rings. The minimum Gasteiger partial charge on any atom is -0.476 e. The summed E-state index contributed by atoms with van der Waals surface area (Å²) in [7, 11) is 0. The van der Waals surface area contributed by atoms with Gasteiger partial charge in [0.15, 0.2) is 10.8 Å². The highest BCUT2D eigenvalue weighted by Gasteiger charge is 2.27. The van der Waals surface area contributed by atoms with Crippen LogP contribution in [0.3, 0.4) is 0 Å². The molecule has 17 heavy (non-hydrogen) atoms. The zero-order chi connectivity index (χ0) is 12.6. The van der Waals surface area contributed by atoms with Crippen LogP contribution in [0.5, 0.6) is 0 Å². The summed E-state index contributed by atoms with van der Waals surface area (Å²) in [5.41, 5.74) is 0.206. The summed E-state index contributed by atoms with van der Waals surface area (Å²) >= 11 is 1.49. The van der Waals surface area contributed by atoms with Gasteiger partial charge in [0.1, 0.15) is 0 Å². The number of aromatic carboxylic acids is 1. The molecule has 2 heterocycles. The highest BCUT2D eigenvalue weighted by Crippen LogP contribution is 2.32. The molecule has 1 fully saturated rings. The van der Waals surface area contributed by atoms with E-state index >= 15 is 0 Å². The summed E-state index contributed by atoms with van der Waals surface area (Å²) in [5.74, 6) is 0.456. The second-order valence-corrected chi connectivity index (χ2v) is 6.13. The van der Waals surface area contributed by atoms with Crippen molar-refractivity contribution in [2.75, 3.05) is 18.0 Å². The Hall–Kier alpha value is -1.10. The first-order valence-electron chi connectivity index (χ1n) is 5.94. The number of carbonyl (C=O) groups is 1. The molecule has 1 atom stereocenters. The second-order valence-electron chi connectivity index (χ2n) is 4.95. The van der Waals surface area contributed by atoms with Crippen LogP contribution in [0.15, 0.2) is 0 Å². The van der Waals surface area contributed by atoms with Crippen molar-refractivity contribution >= 4 is 22.4 Å². The van der Waals surface area contributed by atoms with Gasteiger partial charge in [-0.2, -0.15) is 0 Å². The third-order valence-corrected chi connectivity index (χ3v) is 4.46. The molecule has 0 spiro atoms. The van der Waals surface area contributed by atoms with E-state index in [9.17, 15) is 4.79 Å². The van der Waals surface area contributed by atoms with Crippen LogP contribution in [-0.4, -0.2) is 29.1 Å². The van der Waals surface area contributed by atoms with E-state index in [1.54, 1.807) is 0 Å². The highest BCUT2D eigenvalue weighted by atomic mass is 32.1. The quantitative estimate of drug-likeness (QED) is 0.901. The average Bonchev–Trinajstić information content (AvgIpc) is 2.82. The second kappa shape index (κ2) is 4.64. The summed E-state index contributed by atoms with van der Waals surface area (Å²) in [5, 5.41) is 9.85. The molecule has 2 rings (SSSR count). The van der Waals surface area contributed by atoms with Gasteiger partial charge in [0, 0.05) is 18.0 Å². The molecule has 1 saturated heterocycles. The summed E-state index contributed by atoms with van der Waals surface area (Å²) in [6.07, 6.45) is 1.18. The molecule has 0 radical (unpaired) electrons. The Balaban J connectivity index is 2.14. The number of nitrogens with zero attached hydrogens (tertiary/aromatic N) is 2. The van der Waals surface area contributed by atoms with Crippen molar-refractivity contribution in [2.24, 2.45) is 11.8 Å². The molecule has 1 N–H and O–H groups in total. The molecular weight excluding hydrogens is 236 g/mol. The highest BCUT2D eigenvalue weighted by molar-refractivity contribution is 7.15. The molecule has 1 aromatic heterocycles. The number of anilines is 1. The van der Waals surface area contributed by atoms with Gasteiger partial charge in [-0.3, -0.25) is 0 Å². The first-order chi connectivity index (χ1) is 7.99. The Kier molecular flexibility index (Phi) is 3.38. The number of carboxylic acids is 1. The van der Waals surface area contributed by atoms with E-state index in [1.165, 1.54) is 17.8 Å². The maximum Gasteiger partial charge on any atom is 0.355 e. The molecule has 1 aliphatic heterocycles. The molecule has 94 valence electrons. The predicted molar refractivity (Wildman–Crippen MR) is 69.0 cm³/mol. The van der Waals surface area contributed by atoms with Crippen LogP contribution < -0.4 is 4.90 Å². The lowest BCUT2D eigenvalue weighted by atomic mass is 9.95. The SMILES string of the molecule is Cc1sc(N2CCC(C(C)C)C2)nc1C(=O)O. The van der Waals surface area contributed by atoms with Crippen LogP contribution in [0, 0.1) is 18.8 Å². The molecular formula is C12H18N2O2S. The molecule has 5 heteroatoms. The van der Waals surface area contributed by atoms with Gasteiger partial charge in [-0.1, -0.05) is 13.8 Å². The summed E-state index contributed by atoms with van der Waals surface area (Å²) in [4.78, 5) is 18.2. The normalized spacial score (nSPS) is 20.2. The van der Waals surface area contributed by atoms with E-state index in [1.807, 2.05) is 6.92 Å². The minimum absolute atomic E-state index is 0.206. The van der Waals surface area contributed by atoms with Crippen molar-refractivity contribution in [3.05, 3.63) is 10.6 Å². The van der Waals surface area contributed by atoms with Crippen molar-refractivity contribution in [1.29, 1.82) is 0 Å². The third kappa shape index (κ3) is 2.44. The fourth-order valence-corrected chi connectivity index (χ4v) is 3.16. The van der Waals surface area contributed by atoms with E-state index < -0.39 is 5.97 Å². The monoisotopic (exact) mass is 254 g/mol. The number of hydrogen-bond acceptors (Lipinski definition) is 4. The molecule has 0 aromatic carbocycles. The van der Waals surface area contributed by atoms with Crippen molar-refractivity contribution < 1.29 is 9.90 Å². The lowest BCUT2D eigenvalue weighted by Crippen LogP contribution is -2.21. The van der Waals surface area contributed by atoms with Crippen molar-refractivity contribution in [3.8, 4) is 0 Å². The number of thiazole rings is 1. The standard InChI is InChI=1S/C12H18N2O2S/c1-7(2)9-4-5-14(6-9)12-13-10(11(15)16)8(3)17-12/h7,9H,4-6H2,1-3H3,(H,15,16). The molecule has 0 bridgehead atoms. The first-order valence-corrected chi connectivity index (χ1v) is 6.76. The number of hydrogen-bond donors (Lipinski definition) is 1. The van der Waals surface area contributed by atoms with Gasteiger partial charge < -0.3 is 10.0 Å². The largest absolute Gasteiger partial charge is 0.476 e. The van der Waals surface area contributed by atoms with E-state index in [2.05, 4.69) is 23.7 Å². The Bertz CT molecular complexity index is 428. The molecule has 0 amide bonds. The van der Waals surface area contributed by atoms with Gasteiger partial charge in [0.25, 0.3) is 0 Å². The first kappa shape index (κ1) is 12.4. The number of rotatable bonds is 3. The molecule has 0 saturated carbocycles. The van der Waals surface area contributed by atoms with Crippen molar-refractivity contribution in [2.45, 2.75) is 27.2 Å². The van der Waals surface area contributed by atoms with Crippen LogP contribution in [0.1, 0.15) is 35.6 Å². The maximum atomic E-state index is 10.9. The van der Waals surface area contributed by atoms with Crippen LogP contribution in [0.25, 0.3) is 0 Å². The van der Waals surface area contributed by atoms with Crippen LogP contribution in [0.4, 0.5) is 5.13 Å². The number of aromatic nitrogens is 1. The average molecular weight is 254 g/mol. The number of carboxylic acid groups (broad SMARTS) is 1. The zero-order valence-electron chi connectivity index (χ0n) is 10.4. The lowest BCUT2D eigenvalue weighted by Gasteiger charge is -2.16. The molecule has 0 aliphatic carbocycles. The number of aryl methyl sites for hydroxylation is 1. The topological polar surface area (TPSA) is 53.4 Å². The van der Waals surface area contributed by atoms with Crippen LogP contribution in [-0.2, 0) is 0 Å². The Morgan fingerprint density at radius 3 is 2.76 bits per heavy atom. The molecule has 1 aliphatic rings. The minimum atomic E-state index is -0.926. The Morgan fingerprint density at radius 2 is 2.29 bits per heavy atom. The lowest BCUT2D eigenvalue weighted by molar-refractivity contribution is 0.0690. The van der Waals surface area contributed by atoms with E-state index in [0.717, 1.165) is 23.1 Å². The van der Waals surface area contributed by atoms with Crippen molar-refractivity contribution in [3.63, 3.8) is 0 Å². The van der Waals surface area contributed by atoms with Crippen LogP contribution >= 0.6 is 11.3 Å². The predicted octanol–water partition coefficient (Wildman–Crippen LogP) is 2.63. The Labute approximate surface area is 105 Å². The Morgan fingerprint density at radius 1 is 1.59 bits per heavy atom. The van der Waals surface area contributed by atoms with E-state index in [0.29, 0.717) is 11.8 Å². The van der Waals surface area contributed by atoms with Gasteiger partial charge in [-0.15, -0.1) is 11.3 Å². The van der Waals surface area contributed by atoms with Gasteiger partial charge in [-0.05, 0) is 25.2 Å². The van der Waals surface area contributed by atoms with E-state index in [-0.39, 0.29) is 5.69 Å². The smallest absolute Gasteiger partial charge is 0.355 e. The van der Waals surface area contributed by atoms with Gasteiger partial charge in [0.05, 0.1) is 0 Å². The maximum absolute atomic E-state index is 10.9. The van der Waals surface area contributed by atoms with Gasteiger partial charge in [-0.25, -0.2) is 9.78 Å². The molecule has 1 unspecified atom stereocenters. The zero-order valence-corrected chi connectivity index (χ0v) is 11.3. The molecule has 4 nitrogen and oxygen atoms in total. The van der Waals surface area contributed by atoms with Crippen molar-refractivity contribution in [1.82, 2.24) is 4.98 Å². The summed E-state index contributed by atoms with van der Waals surface area (Å²) in [6, 6.07) is 0. The summed E-state index contributed by atoms with van der Waals surface area (Å²) in [6.45, 7) is 8.30. The van der Waals surface area contributed by atoms with Gasteiger partial charge >= 0.3 is 5.97 Å².